The molecule has 0 aliphatic rings. The molecule has 0 unspecified atom stereocenters. The van der Waals surface area contributed by atoms with Gasteiger partial charge < -0.3 is 0 Å². The first-order valence-corrected chi connectivity index (χ1v) is 6.57. The van der Waals surface area contributed by atoms with Crippen LogP contribution in [0.5, 0.6) is 0 Å². The lowest BCUT2D eigenvalue weighted by Crippen LogP contribution is -1.94. The van der Waals surface area contributed by atoms with Crippen molar-refractivity contribution in [3.63, 3.8) is 0 Å². The zero-order valence-electron chi connectivity index (χ0n) is 10.7. The Labute approximate surface area is 129 Å². The lowest BCUT2D eigenvalue weighted by molar-refractivity contribution is 0.619. The number of pyridine rings is 1. The topological polar surface area (TPSA) is 56.5 Å². The van der Waals surface area contributed by atoms with Gasteiger partial charge in [-0.1, -0.05) is 23.2 Å². The van der Waals surface area contributed by atoms with E-state index in [1.165, 1.54) is 17.1 Å². The number of hydrogen-bond acceptors (Lipinski definition) is 4. The van der Waals surface area contributed by atoms with Crippen LogP contribution in [0.2, 0.25) is 10.0 Å². The smallest absolute Gasteiger partial charge is 0.207 e. The van der Waals surface area contributed by atoms with Crippen LogP contribution in [-0.2, 0) is 7.05 Å². The van der Waals surface area contributed by atoms with Crippen molar-refractivity contribution >= 4 is 23.2 Å². The molecule has 2 aromatic heterocycles. The molecule has 5 nitrogen and oxygen atoms in total. The summed E-state index contributed by atoms with van der Waals surface area (Å²) >= 11 is 12.3. The Morgan fingerprint density at radius 3 is 2.71 bits per heavy atom. The summed E-state index contributed by atoms with van der Waals surface area (Å²) in [6.45, 7) is 0. The van der Waals surface area contributed by atoms with Crippen molar-refractivity contribution < 1.29 is 4.39 Å². The largest absolute Gasteiger partial charge is 0.251 e. The standard InChI is InChI=1S/C13H7Cl2FN5/c1-21-19-13(18-20-21)12-10(3-8(14)4-11(12)15)7-2-9(16)6-17-5-7/h2-5H,1H3. The Bertz CT molecular complexity index is 818. The lowest BCUT2D eigenvalue weighted by Gasteiger charge is -2.09. The Kier molecular flexibility index (Phi) is 3.57. The molecule has 2 heterocycles. The fourth-order valence-corrected chi connectivity index (χ4v) is 2.51. The molecule has 3 aromatic rings. The number of tetrazole rings is 1. The Morgan fingerprint density at radius 1 is 1.24 bits per heavy atom. The van der Waals surface area contributed by atoms with Crippen molar-refractivity contribution in [1.82, 2.24) is 25.2 Å². The molecule has 0 amide bonds. The van der Waals surface area contributed by atoms with Crippen LogP contribution in [-0.4, -0.2) is 25.2 Å². The van der Waals surface area contributed by atoms with Gasteiger partial charge in [-0.05, 0) is 29.0 Å². The second kappa shape index (κ2) is 5.38. The third kappa shape index (κ3) is 2.72. The van der Waals surface area contributed by atoms with E-state index in [0.717, 1.165) is 0 Å². The summed E-state index contributed by atoms with van der Waals surface area (Å²) in [6.07, 6.45) is 3.67. The van der Waals surface area contributed by atoms with Gasteiger partial charge in [0.15, 0.2) is 5.82 Å². The number of benzene rings is 1. The highest BCUT2D eigenvalue weighted by molar-refractivity contribution is 6.37. The van der Waals surface area contributed by atoms with Gasteiger partial charge in [0.05, 0.1) is 12.1 Å². The average Bonchev–Trinajstić information content (AvgIpc) is 2.84. The molecule has 0 saturated heterocycles. The Balaban J connectivity index is 2.28. The van der Waals surface area contributed by atoms with Crippen LogP contribution in [0.15, 0.2) is 24.4 Å². The number of nitrogens with zero attached hydrogens (tertiary/aromatic N) is 5. The molecular weight excluding hydrogens is 316 g/mol. The summed E-state index contributed by atoms with van der Waals surface area (Å²) in [4.78, 5) is 5.02. The maximum Gasteiger partial charge on any atom is 0.207 e. The molecule has 1 aromatic carbocycles. The van der Waals surface area contributed by atoms with Gasteiger partial charge in [-0.3, -0.25) is 4.98 Å². The van der Waals surface area contributed by atoms with Crippen molar-refractivity contribution in [3.05, 3.63) is 46.5 Å². The minimum Gasteiger partial charge on any atom is -0.251 e. The van der Waals surface area contributed by atoms with Crippen LogP contribution in [0.1, 0.15) is 0 Å². The van der Waals surface area contributed by atoms with Crippen molar-refractivity contribution in [1.29, 1.82) is 0 Å². The molecule has 0 aliphatic carbocycles. The van der Waals surface area contributed by atoms with E-state index in [4.69, 9.17) is 23.2 Å². The van der Waals surface area contributed by atoms with Gasteiger partial charge in [0.2, 0.25) is 5.82 Å². The van der Waals surface area contributed by atoms with Gasteiger partial charge in [0.25, 0.3) is 0 Å². The van der Waals surface area contributed by atoms with Gasteiger partial charge in [-0.2, -0.15) is 4.80 Å². The average molecular weight is 323 g/mol. The molecule has 0 atom stereocenters. The molecule has 3 rings (SSSR count). The summed E-state index contributed by atoms with van der Waals surface area (Å²) in [6, 6.07) is 4.50. The highest BCUT2D eigenvalue weighted by Crippen LogP contribution is 2.38. The molecule has 0 fully saturated rings. The van der Waals surface area contributed by atoms with Gasteiger partial charge >= 0.3 is 0 Å². The van der Waals surface area contributed by atoms with Crippen molar-refractivity contribution in [2.45, 2.75) is 0 Å². The van der Waals surface area contributed by atoms with Gasteiger partial charge in [0.1, 0.15) is 6.20 Å². The number of halogens is 3. The first-order valence-electron chi connectivity index (χ1n) is 5.81. The fourth-order valence-electron chi connectivity index (χ4n) is 1.93. The Morgan fingerprint density at radius 2 is 2.05 bits per heavy atom. The van der Waals surface area contributed by atoms with Crippen LogP contribution in [0, 0.1) is 12.0 Å². The second-order valence-corrected chi connectivity index (χ2v) is 5.07. The normalized spacial score (nSPS) is 10.9. The highest BCUT2D eigenvalue weighted by atomic mass is 35.5. The quantitative estimate of drug-likeness (QED) is 0.727. The molecule has 0 spiro atoms. The van der Waals surface area contributed by atoms with Crippen LogP contribution >= 0.6 is 23.2 Å². The van der Waals surface area contributed by atoms with E-state index in [1.807, 2.05) is 0 Å². The number of aromatic nitrogens is 5. The third-order valence-electron chi connectivity index (χ3n) is 2.76. The molecule has 8 heteroatoms. The van der Waals surface area contributed by atoms with Crippen LogP contribution in [0.3, 0.4) is 0 Å². The molecule has 0 saturated carbocycles. The minimum atomic E-state index is -0.582. The molecule has 105 valence electrons. The molecular formula is C13H7Cl2FN5. The van der Waals surface area contributed by atoms with Crippen molar-refractivity contribution in [3.8, 4) is 22.5 Å². The highest BCUT2D eigenvalue weighted by Gasteiger charge is 2.17. The van der Waals surface area contributed by atoms with Crippen LogP contribution in [0.4, 0.5) is 4.39 Å². The van der Waals surface area contributed by atoms with E-state index in [0.29, 0.717) is 32.6 Å². The van der Waals surface area contributed by atoms with E-state index in [2.05, 4.69) is 26.6 Å². The van der Waals surface area contributed by atoms with Crippen LogP contribution in [0.25, 0.3) is 22.5 Å². The molecule has 21 heavy (non-hydrogen) atoms. The molecule has 1 radical (unpaired) electrons. The fraction of sp³-hybridized carbons (Fsp3) is 0.0769. The summed E-state index contributed by atoms with van der Waals surface area (Å²) in [5.41, 5.74) is 1.58. The predicted molar refractivity (Wildman–Crippen MR) is 76.3 cm³/mol. The number of hydrogen-bond donors (Lipinski definition) is 0. The number of aryl methyl sites for hydroxylation is 1. The van der Waals surface area contributed by atoms with E-state index in [-0.39, 0.29) is 0 Å². The van der Waals surface area contributed by atoms with Gasteiger partial charge in [0, 0.05) is 22.3 Å². The van der Waals surface area contributed by atoms with Crippen molar-refractivity contribution in [2.75, 3.05) is 0 Å². The summed E-state index contributed by atoms with van der Waals surface area (Å²) in [5.74, 6) is -0.260. The Hall–Kier alpha value is -2.05. The minimum absolute atomic E-state index is 0.322. The summed E-state index contributed by atoms with van der Waals surface area (Å²) in [7, 11) is 1.64. The second-order valence-electron chi connectivity index (χ2n) is 4.23. The van der Waals surface area contributed by atoms with E-state index in [9.17, 15) is 4.39 Å². The lowest BCUT2D eigenvalue weighted by atomic mass is 10.0. The third-order valence-corrected chi connectivity index (χ3v) is 3.27. The van der Waals surface area contributed by atoms with Crippen molar-refractivity contribution in [2.24, 2.45) is 7.05 Å². The van der Waals surface area contributed by atoms with E-state index < -0.39 is 5.82 Å². The first kappa shape index (κ1) is 13.9. The SMILES string of the molecule is Cn1nnc(-c2c(Cl)cc(Cl)cc2-c2cn[c]c(F)c2)n1. The predicted octanol–water partition coefficient (Wildman–Crippen LogP) is 3.19. The zero-order valence-corrected chi connectivity index (χ0v) is 12.2. The number of rotatable bonds is 2. The van der Waals surface area contributed by atoms with E-state index >= 15 is 0 Å². The summed E-state index contributed by atoms with van der Waals surface area (Å²) in [5, 5.41) is 12.6. The first-order chi connectivity index (χ1) is 10.0. The maximum absolute atomic E-state index is 13.4. The monoisotopic (exact) mass is 322 g/mol. The van der Waals surface area contributed by atoms with Gasteiger partial charge in [-0.15, -0.1) is 10.2 Å². The maximum atomic E-state index is 13.4. The summed E-state index contributed by atoms with van der Waals surface area (Å²) < 4.78 is 13.4. The molecule has 0 aliphatic heterocycles. The van der Waals surface area contributed by atoms with Crippen LogP contribution < -0.4 is 0 Å². The molecule has 0 bridgehead atoms. The zero-order chi connectivity index (χ0) is 15.0. The van der Waals surface area contributed by atoms with Gasteiger partial charge in [-0.25, -0.2) is 4.39 Å². The molecule has 0 N–H and O–H groups in total. The van der Waals surface area contributed by atoms with E-state index in [1.54, 1.807) is 19.2 Å².